The summed E-state index contributed by atoms with van der Waals surface area (Å²) < 4.78 is 6.73. The molecule has 1 aliphatic rings. The molecular formula is C16H17N3OS. The molecule has 0 saturated carbocycles. The van der Waals surface area contributed by atoms with Crippen molar-refractivity contribution in [2.75, 3.05) is 6.54 Å². The van der Waals surface area contributed by atoms with Crippen LogP contribution in [0.4, 0.5) is 0 Å². The van der Waals surface area contributed by atoms with Gasteiger partial charge in [-0.05, 0) is 38.4 Å². The van der Waals surface area contributed by atoms with Gasteiger partial charge in [0.25, 0.3) is 0 Å². The lowest BCUT2D eigenvalue weighted by Crippen LogP contribution is -2.22. The largest absolute Gasteiger partial charge is 0.359 e. The molecule has 1 saturated heterocycles. The van der Waals surface area contributed by atoms with Crippen LogP contribution >= 0.6 is 11.3 Å². The van der Waals surface area contributed by atoms with Gasteiger partial charge in [0.05, 0.1) is 28.5 Å². The Kier molecular flexibility index (Phi) is 3.24. The monoisotopic (exact) mass is 299 g/mol. The minimum Gasteiger partial charge on any atom is -0.359 e. The molecule has 0 bridgehead atoms. The van der Waals surface area contributed by atoms with Crippen LogP contribution in [0.1, 0.15) is 35.3 Å². The van der Waals surface area contributed by atoms with Crippen LogP contribution in [0.25, 0.3) is 10.2 Å². The lowest BCUT2D eigenvalue weighted by atomic mass is 10.1. The Morgan fingerprint density at radius 3 is 3.10 bits per heavy atom. The molecule has 0 amide bonds. The Morgan fingerprint density at radius 1 is 1.38 bits per heavy atom. The predicted octanol–water partition coefficient (Wildman–Crippen LogP) is 3.93. The Labute approximate surface area is 127 Å². The Morgan fingerprint density at radius 2 is 2.29 bits per heavy atom. The lowest BCUT2D eigenvalue weighted by molar-refractivity contribution is 0.206. The fraction of sp³-hybridized carbons (Fsp3) is 0.375. The maximum Gasteiger partial charge on any atom is 0.154 e. The van der Waals surface area contributed by atoms with Gasteiger partial charge in [-0.15, -0.1) is 11.3 Å². The van der Waals surface area contributed by atoms with Gasteiger partial charge in [-0.25, -0.2) is 4.98 Å². The number of hydrogen-bond donors (Lipinski definition) is 0. The first-order valence-corrected chi connectivity index (χ1v) is 8.13. The third-order valence-electron chi connectivity index (χ3n) is 4.01. The fourth-order valence-corrected chi connectivity index (χ4v) is 4.03. The van der Waals surface area contributed by atoms with Gasteiger partial charge in [-0.2, -0.15) is 0 Å². The van der Waals surface area contributed by atoms with Gasteiger partial charge < -0.3 is 4.52 Å². The highest BCUT2D eigenvalue weighted by Crippen LogP contribution is 2.34. The zero-order chi connectivity index (χ0) is 14.2. The minimum absolute atomic E-state index is 0.346. The van der Waals surface area contributed by atoms with E-state index in [2.05, 4.69) is 34.3 Å². The average Bonchev–Trinajstić information content (AvgIpc) is 3.17. The highest BCUT2D eigenvalue weighted by molar-refractivity contribution is 7.18. The summed E-state index contributed by atoms with van der Waals surface area (Å²) in [5, 5.41) is 5.20. The molecule has 1 aliphatic heterocycles. The topological polar surface area (TPSA) is 42.2 Å². The molecule has 3 heterocycles. The molecule has 4 nitrogen and oxygen atoms in total. The summed E-state index contributed by atoms with van der Waals surface area (Å²) in [6, 6.07) is 10.7. The maximum absolute atomic E-state index is 5.47. The summed E-state index contributed by atoms with van der Waals surface area (Å²) in [6.45, 7) is 3.96. The highest BCUT2D eigenvalue weighted by atomic mass is 32.1. The number of aromatic nitrogens is 2. The number of hydrogen-bond acceptors (Lipinski definition) is 5. The van der Waals surface area contributed by atoms with Crippen molar-refractivity contribution in [3.63, 3.8) is 0 Å². The third kappa shape index (κ3) is 2.47. The van der Waals surface area contributed by atoms with Crippen LogP contribution in [0.15, 0.2) is 34.9 Å². The van der Waals surface area contributed by atoms with Crippen LogP contribution in [-0.4, -0.2) is 21.6 Å². The highest BCUT2D eigenvalue weighted by Gasteiger charge is 2.29. The second-order valence-electron chi connectivity index (χ2n) is 5.57. The van der Waals surface area contributed by atoms with Crippen LogP contribution in [0.5, 0.6) is 0 Å². The quantitative estimate of drug-likeness (QED) is 0.735. The van der Waals surface area contributed by atoms with Crippen molar-refractivity contribution in [3.8, 4) is 0 Å². The predicted molar refractivity (Wildman–Crippen MR) is 83.2 cm³/mol. The van der Waals surface area contributed by atoms with E-state index in [1.54, 1.807) is 11.3 Å². The Hall–Kier alpha value is -1.72. The molecule has 1 atom stereocenters. The molecule has 4 rings (SSSR count). The lowest BCUT2D eigenvalue weighted by Gasteiger charge is -2.20. The van der Waals surface area contributed by atoms with E-state index in [1.807, 2.05) is 13.0 Å². The first-order valence-electron chi connectivity index (χ1n) is 7.31. The van der Waals surface area contributed by atoms with Crippen molar-refractivity contribution in [1.29, 1.82) is 0 Å². The van der Waals surface area contributed by atoms with Gasteiger partial charge in [0.1, 0.15) is 5.01 Å². The molecule has 3 aromatic rings. The number of fused-ring (bicyclic) bond motifs is 1. The average molecular weight is 299 g/mol. The van der Waals surface area contributed by atoms with E-state index in [-0.39, 0.29) is 0 Å². The van der Waals surface area contributed by atoms with Crippen molar-refractivity contribution in [3.05, 3.63) is 46.8 Å². The number of thiazole rings is 1. The summed E-state index contributed by atoms with van der Waals surface area (Å²) in [5.74, 6) is 0.992. The van der Waals surface area contributed by atoms with Gasteiger partial charge in [0.15, 0.2) is 5.76 Å². The first kappa shape index (κ1) is 13.0. The normalized spacial score (nSPS) is 19.6. The number of nitrogens with zero attached hydrogens (tertiary/aromatic N) is 3. The van der Waals surface area contributed by atoms with Crippen LogP contribution < -0.4 is 0 Å². The van der Waals surface area contributed by atoms with Crippen LogP contribution in [0, 0.1) is 6.92 Å². The van der Waals surface area contributed by atoms with E-state index in [0.29, 0.717) is 6.04 Å². The Bertz CT molecular complexity index is 731. The van der Waals surface area contributed by atoms with Crippen molar-refractivity contribution in [1.82, 2.24) is 15.0 Å². The van der Waals surface area contributed by atoms with E-state index in [9.17, 15) is 0 Å². The molecule has 0 aliphatic carbocycles. The van der Waals surface area contributed by atoms with Gasteiger partial charge in [0, 0.05) is 6.07 Å². The van der Waals surface area contributed by atoms with Crippen LogP contribution in [0.3, 0.4) is 0 Å². The smallest absolute Gasteiger partial charge is 0.154 e. The van der Waals surface area contributed by atoms with Gasteiger partial charge in [-0.1, -0.05) is 17.3 Å². The zero-order valence-electron chi connectivity index (χ0n) is 12.0. The number of para-hydroxylation sites is 1. The number of benzene rings is 1. The molecule has 0 N–H and O–H groups in total. The number of likely N-dealkylation sites (tertiary alicyclic amines) is 1. The summed E-state index contributed by atoms with van der Waals surface area (Å²) in [6.07, 6.45) is 2.34. The summed E-state index contributed by atoms with van der Waals surface area (Å²) in [5.41, 5.74) is 2.06. The van der Waals surface area contributed by atoms with Gasteiger partial charge >= 0.3 is 0 Å². The van der Waals surface area contributed by atoms with E-state index < -0.39 is 0 Å². The molecular weight excluding hydrogens is 282 g/mol. The molecule has 0 radical (unpaired) electrons. The second kappa shape index (κ2) is 5.24. The molecule has 108 valence electrons. The molecule has 0 spiro atoms. The summed E-state index contributed by atoms with van der Waals surface area (Å²) >= 11 is 1.79. The second-order valence-corrected chi connectivity index (χ2v) is 6.69. The Balaban J connectivity index is 1.57. The van der Waals surface area contributed by atoms with Crippen LogP contribution in [-0.2, 0) is 6.54 Å². The maximum atomic E-state index is 5.47. The number of aryl methyl sites for hydroxylation is 1. The van der Waals surface area contributed by atoms with E-state index in [0.717, 1.165) is 36.5 Å². The SMILES string of the molecule is Cc1cc([C@@H]2CCCN2Cc2nc3ccccc3s2)on1. The molecule has 2 aromatic heterocycles. The zero-order valence-corrected chi connectivity index (χ0v) is 12.8. The van der Waals surface area contributed by atoms with Crippen molar-refractivity contribution in [2.45, 2.75) is 32.4 Å². The molecule has 1 aromatic carbocycles. The molecule has 0 unspecified atom stereocenters. The standard InChI is InChI=1S/C16H17N3OS/c1-11-9-14(20-18-11)13-6-4-8-19(13)10-16-17-12-5-2-3-7-15(12)21-16/h2-3,5,7,9,13H,4,6,8,10H2,1H3/t13-/m0/s1. The summed E-state index contributed by atoms with van der Waals surface area (Å²) in [7, 11) is 0. The summed E-state index contributed by atoms with van der Waals surface area (Å²) in [4.78, 5) is 7.20. The van der Waals surface area contributed by atoms with E-state index in [1.165, 1.54) is 16.1 Å². The van der Waals surface area contributed by atoms with E-state index in [4.69, 9.17) is 9.51 Å². The minimum atomic E-state index is 0.346. The van der Waals surface area contributed by atoms with Crippen LogP contribution in [0.2, 0.25) is 0 Å². The number of rotatable bonds is 3. The van der Waals surface area contributed by atoms with E-state index >= 15 is 0 Å². The van der Waals surface area contributed by atoms with Gasteiger partial charge in [0.2, 0.25) is 0 Å². The van der Waals surface area contributed by atoms with Crippen molar-refractivity contribution < 1.29 is 4.52 Å². The first-order chi connectivity index (χ1) is 10.3. The van der Waals surface area contributed by atoms with Gasteiger partial charge in [-0.3, -0.25) is 4.90 Å². The van der Waals surface area contributed by atoms with Crippen molar-refractivity contribution in [2.24, 2.45) is 0 Å². The fourth-order valence-electron chi connectivity index (χ4n) is 3.04. The third-order valence-corrected chi connectivity index (χ3v) is 5.04. The molecule has 5 heteroatoms. The molecule has 1 fully saturated rings. The van der Waals surface area contributed by atoms with Crippen molar-refractivity contribution >= 4 is 21.6 Å². The molecule has 21 heavy (non-hydrogen) atoms.